The molecule has 1 aromatic carbocycles. The number of hydrogen-bond donors (Lipinski definition) is 1. The van der Waals surface area contributed by atoms with Gasteiger partial charge in [0.25, 0.3) is 0 Å². The molecular weight excluding hydrogens is 246 g/mol. The van der Waals surface area contributed by atoms with Crippen molar-refractivity contribution in [2.75, 3.05) is 13.2 Å². The predicted octanol–water partition coefficient (Wildman–Crippen LogP) is 4.42. The highest BCUT2D eigenvalue weighted by Crippen LogP contribution is 2.26. The lowest BCUT2D eigenvalue weighted by molar-refractivity contribution is 0.00514. The first-order valence-corrected chi connectivity index (χ1v) is 8.15. The van der Waals surface area contributed by atoms with Crippen molar-refractivity contribution in [2.24, 2.45) is 0 Å². The van der Waals surface area contributed by atoms with Crippen LogP contribution < -0.4 is 5.32 Å². The molecule has 2 unspecified atom stereocenters. The fraction of sp³-hybridized carbons (Fsp3) is 0.667. The van der Waals surface area contributed by atoms with Gasteiger partial charge in [-0.25, -0.2) is 0 Å². The van der Waals surface area contributed by atoms with Gasteiger partial charge in [-0.3, -0.25) is 0 Å². The molecule has 1 aromatic rings. The van der Waals surface area contributed by atoms with Gasteiger partial charge in [-0.1, -0.05) is 45.0 Å². The number of hydrogen-bond acceptors (Lipinski definition) is 2. The molecule has 0 spiro atoms. The summed E-state index contributed by atoms with van der Waals surface area (Å²) in [5, 5.41) is 3.61. The second kappa shape index (κ2) is 7.80. The molecule has 1 aliphatic heterocycles. The van der Waals surface area contributed by atoms with Crippen LogP contribution in [0.5, 0.6) is 0 Å². The van der Waals surface area contributed by atoms with Crippen LogP contribution in [0.1, 0.15) is 69.5 Å². The highest BCUT2D eigenvalue weighted by molar-refractivity contribution is 5.27. The minimum Gasteiger partial charge on any atom is -0.378 e. The summed E-state index contributed by atoms with van der Waals surface area (Å²) in [5.74, 6) is 0.600. The van der Waals surface area contributed by atoms with E-state index >= 15 is 0 Å². The Hall–Kier alpha value is -0.860. The normalized spacial score (nSPS) is 21.1. The van der Waals surface area contributed by atoms with Gasteiger partial charge in [-0.15, -0.1) is 0 Å². The summed E-state index contributed by atoms with van der Waals surface area (Å²) in [7, 11) is 0. The molecule has 0 radical (unpaired) electrons. The Morgan fingerprint density at radius 2 is 1.85 bits per heavy atom. The topological polar surface area (TPSA) is 21.3 Å². The Bertz CT molecular complexity index is 379. The van der Waals surface area contributed by atoms with Gasteiger partial charge in [-0.05, 0) is 49.3 Å². The third kappa shape index (κ3) is 4.32. The standard InChI is InChI=1S/C18H29NO/c1-4-19-18(13-17-7-5-6-12-20-17)16-10-8-15(9-11-16)14(2)3/h8-11,14,17-19H,4-7,12-13H2,1-3H3. The van der Waals surface area contributed by atoms with E-state index in [1.807, 2.05) is 0 Å². The molecule has 2 heteroatoms. The van der Waals surface area contributed by atoms with Crippen LogP contribution in [0.2, 0.25) is 0 Å². The van der Waals surface area contributed by atoms with Crippen LogP contribution in [-0.4, -0.2) is 19.3 Å². The van der Waals surface area contributed by atoms with Gasteiger partial charge in [-0.2, -0.15) is 0 Å². The van der Waals surface area contributed by atoms with E-state index in [0.717, 1.165) is 19.6 Å². The maximum Gasteiger partial charge on any atom is 0.0593 e. The lowest BCUT2D eigenvalue weighted by Crippen LogP contribution is -2.28. The first-order valence-electron chi connectivity index (χ1n) is 8.15. The molecule has 2 atom stereocenters. The van der Waals surface area contributed by atoms with E-state index in [9.17, 15) is 0 Å². The zero-order valence-electron chi connectivity index (χ0n) is 13.2. The van der Waals surface area contributed by atoms with Crippen molar-refractivity contribution < 1.29 is 4.74 Å². The van der Waals surface area contributed by atoms with Gasteiger partial charge < -0.3 is 10.1 Å². The Kier molecular flexibility index (Phi) is 6.06. The molecular formula is C18H29NO. The molecule has 1 aliphatic rings. The third-order valence-electron chi connectivity index (χ3n) is 4.23. The molecule has 1 N–H and O–H groups in total. The first kappa shape index (κ1) is 15.5. The van der Waals surface area contributed by atoms with Crippen molar-refractivity contribution in [2.45, 2.75) is 64.5 Å². The molecule has 1 heterocycles. The molecule has 112 valence electrons. The molecule has 0 aromatic heterocycles. The lowest BCUT2D eigenvalue weighted by Gasteiger charge is -2.28. The Balaban J connectivity index is 2.02. The van der Waals surface area contributed by atoms with Crippen LogP contribution in [0.15, 0.2) is 24.3 Å². The van der Waals surface area contributed by atoms with E-state index in [1.54, 1.807) is 0 Å². The minimum atomic E-state index is 0.421. The van der Waals surface area contributed by atoms with Gasteiger partial charge in [0.05, 0.1) is 6.10 Å². The Morgan fingerprint density at radius 1 is 1.15 bits per heavy atom. The van der Waals surface area contributed by atoms with Crippen molar-refractivity contribution >= 4 is 0 Å². The van der Waals surface area contributed by atoms with E-state index < -0.39 is 0 Å². The van der Waals surface area contributed by atoms with Crippen LogP contribution in [-0.2, 0) is 4.74 Å². The zero-order valence-corrected chi connectivity index (χ0v) is 13.2. The number of ether oxygens (including phenoxy) is 1. The maximum atomic E-state index is 5.90. The first-order chi connectivity index (χ1) is 9.70. The molecule has 1 saturated heterocycles. The van der Waals surface area contributed by atoms with Crippen molar-refractivity contribution in [3.05, 3.63) is 35.4 Å². The van der Waals surface area contributed by atoms with Crippen molar-refractivity contribution in [1.29, 1.82) is 0 Å². The highest BCUT2D eigenvalue weighted by atomic mass is 16.5. The number of rotatable bonds is 6. The summed E-state index contributed by atoms with van der Waals surface area (Å²) in [6, 6.07) is 9.53. The molecule has 0 saturated carbocycles. The fourth-order valence-electron chi connectivity index (χ4n) is 2.95. The summed E-state index contributed by atoms with van der Waals surface area (Å²) in [6.45, 7) is 8.61. The van der Waals surface area contributed by atoms with E-state index in [2.05, 4.69) is 50.4 Å². The zero-order chi connectivity index (χ0) is 14.4. The largest absolute Gasteiger partial charge is 0.378 e. The van der Waals surface area contributed by atoms with Crippen LogP contribution >= 0.6 is 0 Å². The summed E-state index contributed by atoms with van der Waals surface area (Å²) in [5.41, 5.74) is 2.81. The van der Waals surface area contributed by atoms with Crippen LogP contribution in [0.4, 0.5) is 0 Å². The summed E-state index contributed by atoms with van der Waals surface area (Å²) >= 11 is 0. The maximum absolute atomic E-state index is 5.90. The molecule has 0 aliphatic carbocycles. The Morgan fingerprint density at radius 3 is 2.40 bits per heavy atom. The van der Waals surface area contributed by atoms with E-state index in [1.165, 1.54) is 30.4 Å². The molecule has 2 rings (SSSR count). The predicted molar refractivity (Wildman–Crippen MR) is 85.2 cm³/mol. The van der Waals surface area contributed by atoms with Crippen molar-refractivity contribution in [3.8, 4) is 0 Å². The van der Waals surface area contributed by atoms with Gasteiger partial charge in [0, 0.05) is 12.6 Å². The smallest absolute Gasteiger partial charge is 0.0593 e. The molecule has 2 nitrogen and oxygen atoms in total. The molecule has 0 amide bonds. The monoisotopic (exact) mass is 275 g/mol. The Labute approximate surface area is 123 Å². The average molecular weight is 275 g/mol. The number of nitrogens with one attached hydrogen (secondary N) is 1. The second-order valence-corrected chi connectivity index (χ2v) is 6.16. The number of benzene rings is 1. The van der Waals surface area contributed by atoms with Gasteiger partial charge >= 0.3 is 0 Å². The molecule has 1 fully saturated rings. The van der Waals surface area contributed by atoms with Gasteiger partial charge in [0.15, 0.2) is 0 Å². The SMILES string of the molecule is CCNC(CC1CCCCO1)c1ccc(C(C)C)cc1. The third-order valence-corrected chi connectivity index (χ3v) is 4.23. The van der Waals surface area contributed by atoms with Crippen LogP contribution in [0.25, 0.3) is 0 Å². The second-order valence-electron chi connectivity index (χ2n) is 6.16. The summed E-state index contributed by atoms with van der Waals surface area (Å²) in [6.07, 6.45) is 5.28. The van der Waals surface area contributed by atoms with Gasteiger partial charge in [0.1, 0.15) is 0 Å². The van der Waals surface area contributed by atoms with Crippen molar-refractivity contribution in [3.63, 3.8) is 0 Å². The highest BCUT2D eigenvalue weighted by Gasteiger charge is 2.20. The molecule has 20 heavy (non-hydrogen) atoms. The van der Waals surface area contributed by atoms with E-state index in [0.29, 0.717) is 18.1 Å². The van der Waals surface area contributed by atoms with Gasteiger partial charge in [0.2, 0.25) is 0 Å². The van der Waals surface area contributed by atoms with Crippen LogP contribution in [0.3, 0.4) is 0 Å². The minimum absolute atomic E-state index is 0.421. The van der Waals surface area contributed by atoms with E-state index in [-0.39, 0.29) is 0 Å². The van der Waals surface area contributed by atoms with Crippen molar-refractivity contribution in [1.82, 2.24) is 5.32 Å². The fourth-order valence-corrected chi connectivity index (χ4v) is 2.95. The summed E-state index contributed by atoms with van der Waals surface area (Å²) in [4.78, 5) is 0. The quantitative estimate of drug-likeness (QED) is 0.830. The van der Waals surface area contributed by atoms with Crippen LogP contribution in [0, 0.1) is 0 Å². The summed E-state index contributed by atoms with van der Waals surface area (Å²) < 4.78 is 5.90. The average Bonchev–Trinajstić information content (AvgIpc) is 2.48. The van der Waals surface area contributed by atoms with E-state index in [4.69, 9.17) is 4.74 Å². The lowest BCUT2D eigenvalue weighted by atomic mass is 9.94. The molecule has 0 bridgehead atoms.